The molecule has 38 heavy (non-hydrogen) atoms. The van der Waals surface area contributed by atoms with Crippen LogP contribution in [0.5, 0.6) is 0 Å². The van der Waals surface area contributed by atoms with E-state index in [1.54, 1.807) is 0 Å². The summed E-state index contributed by atoms with van der Waals surface area (Å²) in [5.74, 6) is 0.300. The monoisotopic (exact) mass is 533 g/mol. The zero-order valence-corrected chi connectivity index (χ0v) is 22.0. The molecular formula is C27H31N7O3S. The smallest absolute Gasteiger partial charge is 0.270 e. The molecule has 2 fully saturated rings. The maximum Gasteiger partial charge on any atom is 0.270 e. The van der Waals surface area contributed by atoms with E-state index in [0.717, 1.165) is 36.3 Å². The van der Waals surface area contributed by atoms with Crippen LogP contribution in [0.1, 0.15) is 76.6 Å². The van der Waals surface area contributed by atoms with Crippen molar-refractivity contribution in [3.63, 3.8) is 0 Å². The summed E-state index contributed by atoms with van der Waals surface area (Å²) in [6.45, 7) is 2.33. The predicted molar refractivity (Wildman–Crippen MR) is 144 cm³/mol. The highest BCUT2D eigenvalue weighted by atomic mass is 32.1. The van der Waals surface area contributed by atoms with Crippen LogP contribution < -0.4 is 15.5 Å². The van der Waals surface area contributed by atoms with Gasteiger partial charge in [-0.15, -0.1) is 0 Å². The summed E-state index contributed by atoms with van der Waals surface area (Å²) in [5.41, 5.74) is 2.71. The van der Waals surface area contributed by atoms with Gasteiger partial charge in [0.15, 0.2) is 5.13 Å². The lowest BCUT2D eigenvalue weighted by Gasteiger charge is -2.28. The third-order valence-corrected chi connectivity index (χ3v) is 8.03. The van der Waals surface area contributed by atoms with E-state index in [1.165, 1.54) is 11.8 Å². The molecule has 1 amide bonds. The number of carbonyl (C=O) groups excluding carboxylic acids is 1. The van der Waals surface area contributed by atoms with Gasteiger partial charge in [-0.05, 0) is 51.0 Å². The number of aliphatic hydroxyl groups is 2. The van der Waals surface area contributed by atoms with Crippen LogP contribution in [-0.2, 0) is 6.61 Å². The standard InChI is InChI=1S/C27H31N7O3S/c1-16-4-6-17(7-5-16)22-3-2-12-34(22)26-31-23(25(37)30-18-8-10-19(36)11-9-18)21(15-35)24(32-26)33-27-29-14-20(13-28)38-27/h4-7,14,18-19,22,35-36H,2-3,8-12,15H2,1H3,(H,30,37)(H,29,31,32,33)/t18-,19-,22-/m0/s1. The first-order valence-electron chi connectivity index (χ1n) is 12.9. The van der Waals surface area contributed by atoms with Gasteiger partial charge >= 0.3 is 0 Å². The predicted octanol–water partition coefficient (Wildman–Crippen LogP) is 3.72. The van der Waals surface area contributed by atoms with Crippen LogP contribution in [0.15, 0.2) is 30.5 Å². The van der Waals surface area contributed by atoms with E-state index in [9.17, 15) is 20.3 Å². The number of carbonyl (C=O) groups is 1. The summed E-state index contributed by atoms with van der Waals surface area (Å²) < 4.78 is 0. The molecule has 3 aromatic rings. The van der Waals surface area contributed by atoms with Crippen LogP contribution in [0.3, 0.4) is 0 Å². The second kappa shape index (κ2) is 11.4. The van der Waals surface area contributed by atoms with Gasteiger partial charge in [-0.2, -0.15) is 10.2 Å². The number of aryl methyl sites for hydroxylation is 1. The number of amides is 1. The molecule has 0 radical (unpaired) electrons. The van der Waals surface area contributed by atoms with Crippen molar-refractivity contribution in [3.8, 4) is 6.07 Å². The van der Waals surface area contributed by atoms with E-state index in [1.807, 2.05) is 0 Å². The summed E-state index contributed by atoms with van der Waals surface area (Å²) in [6.07, 6.45) is 5.66. The van der Waals surface area contributed by atoms with Gasteiger partial charge in [0.1, 0.15) is 22.5 Å². The summed E-state index contributed by atoms with van der Waals surface area (Å²) in [7, 11) is 0. The van der Waals surface area contributed by atoms with E-state index in [2.05, 4.69) is 57.8 Å². The number of benzene rings is 1. The quantitative estimate of drug-likeness (QED) is 0.357. The Labute approximate surface area is 225 Å². The molecule has 4 N–H and O–H groups in total. The van der Waals surface area contributed by atoms with Crippen molar-refractivity contribution in [3.05, 3.63) is 57.7 Å². The number of thiazole rings is 1. The van der Waals surface area contributed by atoms with Crippen LogP contribution in [0, 0.1) is 18.3 Å². The zero-order chi connectivity index (χ0) is 26.6. The lowest BCUT2D eigenvalue weighted by Crippen LogP contribution is -2.39. The molecule has 0 spiro atoms. The Balaban J connectivity index is 1.52. The Morgan fingerprint density at radius 2 is 1.95 bits per heavy atom. The fourth-order valence-electron chi connectivity index (χ4n) is 5.14. The Hall–Kier alpha value is -3.59. The van der Waals surface area contributed by atoms with Gasteiger partial charge in [0.05, 0.1) is 30.5 Å². The molecule has 1 saturated heterocycles. The highest BCUT2D eigenvalue weighted by Gasteiger charge is 2.31. The third-order valence-electron chi connectivity index (χ3n) is 7.21. The normalized spacial score (nSPS) is 21.2. The molecule has 0 unspecified atom stereocenters. The summed E-state index contributed by atoms with van der Waals surface area (Å²) >= 11 is 1.16. The molecule has 2 aliphatic rings. The first-order chi connectivity index (χ1) is 18.4. The van der Waals surface area contributed by atoms with Crippen LogP contribution in [0.25, 0.3) is 0 Å². The van der Waals surface area contributed by atoms with Crippen LogP contribution in [0.2, 0.25) is 0 Å². The molecule has 1 aliphatic carbocycles. The largest absolute Gasteiger partial charge is 0.393 e. The minimum atomic E-state index is -0.452. The number of nitriles is 1. The first-order valence-corrected chi connectivity index (χ1v) is 13.7. The Morgan fingerprint density at radius 3 is 2.63 bits per heavy atom. The van der Waals surface area contributed by atoms with E-state index >= 15 is 0 Å². The number of anilines is 3. The number of hydrogen-bond acceptors (Lipinski definition) is 10. The average Bonchev–Trinajstić information content (AvgIpc) is 3.60. The number of aliphatic hydroxyl groups excluding tert-OH is 2. The van der Waals surface area contributed by atoms with Crippen molar-refractivity contribution >= 4 is 34.1 Å². The first kappa shape index (κ1) is 26.0. The Morgan fingerprint density at radius 1 is 1.18 bits per heavy atom. The minimum Gasteiger partial charge on any atom is -0.393 e. The van der Waals surface area contributed by atoms with Gasteiger partial charge in [0.2, 0.25) is 5.95 Å². The highest BCUT2D eigenvalue weighted by Crippen LogP contribution is 2.36. The van der Waals surface area contributed by atoms with Crippen molar-refractivity contribution < 1.29 is 15.0 Å². The molecule has 2 aromatic heterocycles. The van der Waals surface area contributed by atoms with E-state index < -0.39 is 6.61 Å². The van der Waals surface area contributed by atoms with E-state index in [4.69, 9.17) is 9.97 Å². The molecule has 1 aromatic carbocycles. The maximum atomic E-state index is 13.5. The summed E-state index contributed by atoms with van der Waals surface area (Å²) in [4.78, 5) is 29.8. The van der Waals surface area contributed by atoms with Gasteiger partial charge in [-0.25, -0.2) is 9.97 Å². The van der Waals surface area contributed by atoms with Gasteiger partial charge in [0.25, 0.3) is 5.91 Å². The van der Waals surface area contributed by atoms with Gasteiger partial charge in [-0.3, -0.25) is 4.79 Å². The van der Waals surface area contributed by atoms with Crippen molar-refractivity contribution in [2.75, 3.05) is 16.8 Å². The van der Waals surface area contributed by atoms with Crippen molar-refractivity contribution in [2.24, 2.45) is 0 Å². The molecule has 11 heteroatoms. The molecule has 0 bridgehead atoms. The second-order valence-electron chi connectivity index (χ2n) is 9.86. The lowest BCUT2D eigenvalue weighted by atomic mass is 9.93. The lowest BCUT2D eigenvalue weighted by molar-refractivity contribution is 0.0860. The zero-order valence-electron chi connectivity index (χ0n) is 21.2. The van der Waals surface area contributed by atoms with Gasteiger partial charge in [0, 0.05) is 12.6 Å². The van der Waals surface area contributed by atoms with Crippen molar-refractivity contribution in [1.29, 1.82) is 5.26 Å². The molecule has 10 nitrogen and oxygen atoms in total. The van der Waals surface area contributed by atoms with Crippen LogP contribution >= 0.6 is 11.3 Å². The van der Waals surface area contributed by atoms with Crippen LogP contribution in [0.4, 0.5) is 16.9 Å². The summed E-state index contributed by atoms with van der Waals surface area (Å²) in [5, 5.41) is 36.0. The molecule has 3 heterocycles. The van der Waals surface area contributed by atoms with E-state index in [0.29, 0.717) is 41.6 Å². The van der Waals surface area contributed by atoms with Gasteiger partial charge < -0.3 is 25.7 Å². The number of nitrogens with zero attached hydrogens (tertiary/aromatic N) is 5. The van der Waals surface area contributed by atoms with E-state index in [-0.39, 0.29) is 41.2 Å². The Kier molecular flexibility index (Phi) is 7.83. The molecule has 5 rings (SSSR count). The molecule has 198 valence electrons. The molecular weight excluding hydrogens is 502 g/mol. The number of aromatic nitrogens is 3. The van der Waals surface area contributed by atoms with Gasteiger partial charge in [-0.1, -0.05) is 41.2 Å². The van der Waals surface area contributed by atoms with Crippen molar-refractivity contribution in [1.82, 2.24) is 20.3 Å². The maximum absolute atomic E-state index is 13.5. The van der Waals surface area contributed by atoms with Crippen molar-refractivity contribution in [2.45, 2.75) is 70.2 Å². The highest BCUT2D eigenvalue weighted by molar-refractivity contribution is 7.16. The third kappa shape index (κ3) is 5.62. The molecule has 1 saturated carbocycles. The molecule has 1 aliphatic heterocycles. The number of hydrogen-bond donors (Lipinski definition) is 4. The minimum absolute atomic E-state index is 0.0595. The SMILES string of the molecule is Cc1ccc([C@@H]2CCCN2c2nc(Nc3ncc(C#N)s3)c(CO)c(C(=O)N[C@H]3CC[C@H](O)CC3)n2)cc1. The fraction of sp³-hybridized carbons (Fsp3) is 0.444. The van der Waals surface area contributed by atoms with Crippen LogP contribution in [-0.4, -0.2) is 49.8 Å². The fourth-order valence-corrected chi connectivity index (χ4v) is 5.75. The summed E-state index contributed by atoms with van der Waals surface area (Å²) in [6, 6.07) is 10.5. The second-order valence-corrected chi connectivity index (χ2v) is 10.9. The topological polar surface area (TPSA) is 147 Å². The Bertz CT molecular complexity index is 1330. The number of nitrogens with one attached hydrogen (secondary N) is 2. The average molecular weight is 534 g/mol. The molecule has 1 atom stereocenters. The number of rotatable bonds is 7.